The predicted octanol–water partition coefficient (Wildman–Crippen LogP) is 1.16. The van der Waals surface area contributed by atoms with Crippen molar-refractivity contribution in [2.75, 3.05) is 23.8 Å². The summed E-state index contributed by atoms with van der Waals surface area (Å²) in [6.07, 6.45) is 1.70. The number of urea groups is 1. The lowest BCUT2D eigenvalue weighted by molar-refractivity contribution is -0.139. The van der Waals surface area contributed by atoms with Crippen LogP contribution in [0.5, 0.6) is 0 Å². The van der Waals surface area contributed by atoms with Crippen LogP contribution in [0.15, 0.2) is 12.7 Å². The second-order valence-electron chi connectivity index (χ2n) is 3.84. The maximum Gasteiger partial charge on any atom is 0.326 e. The molecule has 0 aromatic heterocycles. The quantitative estimate of drug-likeness (QED) is 0.640. The number of hydrogen-bond donors (Lipinski definition) is 3. The van der Waals surface area contributed by atoms with Crippen molar-refractivity contribution in [1.29, 1.82) is 0 Å². The van der Waals surface area contributed by atoms with E-state index in [0.717, 1.165) is 17.3 Å². The molecule has 3 N–H and O–H groups in total. The Kier molecular flexibility index (Phi) is 7.04. The van der Waals surface area contributed by atoms with Crippen LogP contribution < -0.4 is 10.6 Å². The van der Waals surface area contributed by atoms with Crippen LogP contribution in [0, 0.1) is 0 Å². The lowest BCUT2D eigenvalue weighted by Crippen LogP contribution is -2.47. The fourth-order valence-corrected chi connectivity index (χ4v) is 4.07. The number of carbonyl (C=O) groups excluding carboxylic acids is 1. The van der Waals surface area contributed by atoms with Crippen molar-refractivity contribution in [3.05, 3.63) is 12.7 Å². The molecule has 1 saturated heterocycles. The Bertz CT molecular complexity index is 307. The van der Waals surface area contributed by atoms with E-state index < -0.39 is 18.0 Å². The fraction of sp³-hybridized carbons (Fsp3) is 0.636. The van der Waals surface area contributed by atoms with Crippen molar-refractivity contribution in [3.63, 3.8) is 0 Å². The van der Waals surface area contributed by atoms with Crippen LogP contribution in [0.4, 0.5) is 4.79 Å². The third-order valence-electron chi connectivity index (χ3n) is 2.38. The molecule has 1 rings (SSSR count). The molecule has 18 heavy (non-hydrogen) atoms. The third kappa shape index (κ3) is 5.68. The van der Waals surface area contributed by atoms with E-state index in [2.05, 4.69) is 17.2 Å². The van der Waals surface area contributed by atoms with E-state index in [1.807, 2.05) is 23.5 Å². The van der Waals surface area contributed by atoms with Crippen LogP contribution in [0.1, 0.15) is 6.42 Å². The normalized spacial score (nSPS) is 20.8. The smallest absolute Gasteiger partial charge is 0.326 e. The van der Waals surface area contributed by atoms with Crippen molar-refractivity contribution >= 4 is 35.5 Å². The van der Waals surface area contributed by atoms with Gasteiger partial charge in [-0.15, -0.1) is 6.58 Å². The molecule has 2 amide bonds. The van der Waals surface area contributed by atoms with E-state index in [4.69, 9.17) is 5.11 Å². The highest BCUT2D eigenvalue weighted by molar-refractivity contribution is 8.06. The Morgan fingerprint density at radius 2 is 2.28 bits per heavy atom. The maximum atomic E-state index is 11.5. The van der Waals surface area contributed by atoms with Gasteiger partial charge in [0.15, 0.2) is 0 Å². The van der Waals surface area contributed by atoms with Gasteiger partial charge in [-0.1, -0.05) is 6.08 Å². The van der Waals surface area contributed by atoms with Crippen LogP contribution in [-0.4, -0.2) is 52.2 Å². The Labute approximate surface area is 115 Å². The molecule has 2 unspecified atom stereocenters. The molecule has 7 heteroatoms. The van der Waals surface area contributed by atoms with Gasteiger partial charge in [-0.2, -0.15) is 23.5 Å². The SMILES string of the molecule is C=CCC(NC(=O)NCC1CSCCS1)C(=O)O. The topological polar surface area (TPSA) is 78.4 Å². The molecule has 0 spiro atoms. The van der Waals surface area contributed by atoms with Crippen molar-refractivity contribution < 1.29 is 14.7 Å². The molecular weight excluding hydrogens is 272 g/mol. The Morgan fingerprint density at radius 3 is 2.83 bits per heavy atom. The number of thioether (sulfide) groups is 2. The highest BCUT2D eigenvalue weighted by atomic mass is 32.2. The zero-order valence-corrected chi connectivity index (χ0v) is 11.7. The minimum Gasteiger partial charge on any atom is -0.480 e. The molecular formula is C11H18N2O3S2. The summed E-state index contributed by atoms with van der Waals surface area (Å²) in [4.78, 5) is 22.4. The molecule has 5 nitrogen and oxygen atoms in total. The second-order valence-corrected chi connectivity index (χ2v) is 6.40. The van der Waals surface area contributed by atoms with Gasteiger partial charge in [0.05, 0.1) is 0 Å². The third-order valence-corrected chi connectivity index (χ3v) is 5.23. The van der Waals surface area contributed by atoms with Gasteiger partial charge in [0.2, 0.25) is 0 Å². The molecule has 0 aromatic rings. The van der Waals surface area contributed by atoms with Crippen LogP contribution in [0.3, 0.4) is 0 Å². The number of carboxylic acids is 1. The molecule has 0 radical (unpaired) electrons. The highest BCUT2D eigenvalue weighted by Gasteiger charge is 2.19. The number of rotatable bonds is 6. The Hall–Kier alpha value is -0.820. The van der Waals surface area contributed by atoms with Gasteiger partial charge in [0.1, 0.15) is 6.04 Å². The number of carbonyl (C=O) groups is 2. The number of nitrogens with one attached hydrogen (secondary N) is 2. The molecule has 1 fully saturated rings. The average molecular weight is 290 g/mol. The minimum absolute atomic E-state index is 0.219. The summed E-state index contributed by atoms with van der Waals surface area (Å²) in [5.41, 5.74) is 0. The van der Waals surface area contributed by atoms with Crippen LogP contribution in [0.2, 0.25) is 0 Å². The molecule has 0 bridgehead atoms. The maximum absolute atomic E-state index is 11.5. The largest absolute Gasteiger partial charge is 0.480 e. The minimum atomic E-state index is -1.05. The highest BCUT2D eigenvalue weighted by Crippen LogP contribution is 2.23. The van der Waals surface area contributed by atoms with Gasteiger partial charge in [-0.05, 0) is 6.42 Å². The molecule has 0 aliphatic carbocycles. The number of carboxylic acid groups (broad SMARTS) is 1. The van der Waals surface area contributed by atoms with Crippen molar-refractivity contribution in [2.45, 2.75) is 17.7 Å². The summed E-state index contributed by atoms with van der Waals surface area (Å²) in [7, 11) is 0. The van der Waals surface area contributed by atoms with E-state index in [0.29, 0.717) is 11.8 Å². The molecule has 1 aliphatic heterocycles. The average Bonchev–Trinajstić information content (AvgIpc) is 2.37. The lowest BCUT2D eigenvalue weighted by atomic mass is 10.2. The van der Waals surface area contributed by atoms with Crippen LogP contribution in [-0.2, 0) is 4.79 Å². The second kappa shape index (κ2) is 8.31. The van der Waals surface area contributed by atoms with Gasteiger partial charge in [0.25, 0.3) is 0 Å². The number of aliphatic carboxylic acids is 1. The van der Waals surface area contributed by atoms with E-state index in [-0.39, 0.29) is 6.42 Å². The molecule has 0 aromatic carbocycles. The van der Waals surface area contributed by atoms with Gasteiger partial charge in [-0.25, -0.2) is 9.59 Å². The fourth-order valence-electron chi connectivity index (χ4n) is 1.46. The standard InChI is InChI=1S/C11H18N2O3S2/c1-2-3-9(10(14)15)13-11(16)12-6-8-7-17-4-5-18-8/h2,8-9H,1,3-7H2,(H,14,15)(H2,12,13,16). The summed E-state index contributed by atoms with van der Waals surface area (Å²) < 4.78 is 0. The Balaban J connectivity index is 2.26. The van der Waals surface area contributed by atoms with Gasteiger partial charge in [0, 0.05) is 29.1 Å². The zero-order chi connectivity index (χ0) is 13.4. The van der Waals surface area contributed by atoms with E-state index in [1.54, 1.807) is 0 Å². The molecule has 0 saturated carbocycles. The van der Waals surface area contributed by atoms with Gasteiger partial charge in [-0.3, -0.25) is 0 Å². The number of amides is 2. The van der Waals surface area contributed by atoms with Crippen LogP contribution >= 0.6 is 23.5 Å². The first-order chi connectivity index (χ1) is 8.63. The van der Waals surface area contributed by atoms with Crippen LogP contribution in [0.25, 0.3) is 0 Å². The first-order valence-corrected chi connectivity index (χ1v) is 7.91. The first-order valence-electron chi connectivity index (χ1n) is 5.71. The van der Waals surface area contributed by atoms with Crippen molar-refractivity contribution in [2.24, 2.45) is 0 Å². The monoisotopic (exact) mass is 290 g/mol. The number of hydrogen-bond acceptors (Lipinski definition) is 4. The molecule has 1 heterocycles. The van der Waals surface area contributed by atoms with Gasteiger partial charge >= 0.3 is 12.0 Å². The molecule has 2 atom stereocenters. The predicted molar refractivity (Wildman–Crippen MR) is 76.3 cm³/mol. The summed E-state index contributed by atoms with van der Waals surface area (Å²) in [5, 5.41) is 14.4. The van der Waals surface area contributed by atoms with Crippen molar-refractivity contribution in [3.8, 4) is 0 Å². The summed E-state index contributed by atoms with van der Waals surface area (Å²) >= 11 is 3.73. The summed E-state index contributed by atoms with van der Waals surface area (Å²) in [6, 6.07) is -1.34. The molecule has 102 valence electrons. The molecule has 1 aliphatic rings. The lowest BCUT2D eigenvalue weighted by Gasteiger charge is -2.21. The van der Waals surface area contributed by atoms with E-state index in [1.165, 1.54) is 6.08 Å². The Morgan fingerprint density at radius 1 is 1.50 bits per heavy atom. The summed E-state index contributed by atoms with van der Waals surface area (Å²) in [6.45, 7) is 4.04. The first kappa shape index (κ1) is 15.2. The van der Waals surface area contributed by atoms with Crippen molar-refractivity contribution in [1.82, 2.24) is 10.6 Å². The van der Waals surface area contributed by atoms with E-state index in [9.17, 15) is 9.59 Å². The van der Waals surface area contributed by atoms with Gasteiger partial charge < -0.3 is 15.7 Å². The van der Waals surface area contributed by atoms with E-state index >= 15 is 0 Å². The summed E-state index contributed by atoms with van der Waals surface area (Å²) in [5.74, 6) is 2.24. The zero-order valence-electron chi connectivity index (χ0n) is 10.1.